The Labute approximate surface area is 152 Å². The van der Waals surface area contributed by atoms with E-state index >= 15 is 0 Å². The van der Waals surface area contributed by atoms with Gasteiger partial charge in [0.2, 0.25) is 11.8 Å². The smallest absolute Gasteiger partial charge is 0.225 e. The number of hydrogen-bond donors (Lipinski definition) is 2. The highest BCUT2D eigenvalue weighted by Crippen LogP contribution is 2.26. The number of hydrogen-bond acceptors (Lipinski definition) is 2. The molecule has 3 rings (SSSR count). The zero-order valence-electron chi connectivity index (χ0n) is 14.9. The summed E-state index contributed by atoms with van der Waals surface area (Å²) in [7, 11) is 0. The first-order valence-electron chi connectivity index (χ1n) is 8.59. The molecule has 1 unspecified atom stereocenters. The average Bonchev–Trinajstić information content (AvgIpc) is 3.10. The molecule has 6 heteroatoms. The minimum atomic E-state index is -0.260. The van der Waals surface area contributed by atoms with Gasteiger partial charge < -0.3 is 15.2 Å². The van der Waals surface area contributed by atoms with Gasteiger partial charge in [-0.05, 0) is 51.0 Å². The maximum absolute atomic E-state index is 12.4. The number of likely N-dealkylation sites (tertiary alicyclic amines) is 1. The van der Waals surface area contributed by atoms with Crippen molar-refractivity contribution in [3.8, 4) is 0 Å². The molecule has 0 aliphatic carbocycles. The summed E-state index contributed by atoms with van der Waals surface area (Å²) in [4.78, 5) is 29.5. The zero-order valence-corrected chi connectivity index (χ0v) is 15.6. The molecule has 134 valence electrons. The van der Waals surface area contributed by atoms with Gasteiger partial charge in [-0.25, -0.2) is 0 Å². The maximum Gasteiger partial charge on any atom is 0.225 e. The van der Waals surface area contributed by atoms with E-state index < -0.39 is 0 Å². The van der Waals surface area contributed by atoms with Crippen LogP contribution in [0.1, 0.15) is 32.8 Å². The molecule has 25 heavy (non-hydrogen) atoms. The second-order valence-electron chi connectivity index (χ2n) is 7.62. The second-order valence-corrected chi connectivity index (χ2v) is 8.06. The lowest BCUT2D eigenvalue weighted by Gasteiger charge is -2.31. The normalized spacial score (nSPS) is 18.2. The highest BCUT2D eigenvalue weighted by Gasteiger charge is 2.39. The molecule has 1 aromatic heterocycles. The van der Waals surface area contributed by atoms with Crippen molar-refractivity contribution in [1.29, 1.82) is 0 Å². The Hall–Kier alpha value is -2.01. The summed E-state index contributed by atoms with van der Waals surface area (Å²) in [6.45, 7) is 7.02. The molecule has 1 atom stereocenters. The van der Waals surface area contributed by atoms with E-state index in [0.29, 0.717) is 24.5 Å². The first-order chi connectivity index (χ1) is 11.8. The van der Waals surface area contributed by atoms with Crippen LogP contribution >= 0.6 is 11.6 Å². The molecule has 2 heterocycles. The highest BCUT2D eigenvalue weighted by atomic mass is 35.5. The Morgan fingerprint density at radius 2 is 2.16 bits per heavy atom. The number of carbonyl (C=O) groups excluding carboxylic acids is 2. The van der Waals surface area contributed by atoms with Gasteiger partial charge in [0.25, 0.3) is 0 Å². The summed E-state index contributed by atoms with van der Waals surface area (Å²) in [6.07, 6.45) is 2.97. The molecule has 1 saturated heterocycles. The van der Waals surface area contributed by atoms with Gasteiger partial charge in [-0.3, -0.25) is 9.59 Å². The number of fused-ring (bicyclic) bond motifs is 1. The van der Waals surface area contributed by atoms with E-state index in [1.165, 1.54) is 0 Å². The van der Waals surface area contributed by atoms with E-state index in [1.807, 2.05) is 45.2 Å². The summed E-state index contributed by atoms with van der Waals surface area (Å²) < 4.78 is 0. The number of halogens is 1. The number of rotatable bonds is 4. The Morgan fingerprint density at radius 3 is 2.84 bits per heavy atom. The molecule has 2 aromatic rings. The molecular formula is C19H24ClN3O2. The van der Waals surface area contributed by atoms with Gasteiger partial charge in [0.1, 0.15) is 0 Å². The molecule has 2 N–H and O–H groups in total. The monoisotopic (exact) mass is 361 g/mol. The van der Waals surface area contributed by atoms with Crippen molar-refractivity contribution < 1.29 is 9.59 Å². The molecule has 1 fully saturated rings. The fourth-order valence-electron chi connectivity index (χ4n) is 3.35. The van der Waals surface area contributed by atoms with E-state index in [2.05, 4.69) is 10.3 Å². The molecule has 0 saturated carbocycles. The molecule has 5 nitrogen and oxygen atoms in total. The number of carbonyl (C=O) groups is 2. The predicted octanol–water partition coefficient (Wildman–Crippen LogP) is 3.13. The molecule has 0 radical (unpaired) electrons. The van der Waals surface area contributed by atoms with Crippen LogP contribution in [-0.2, 0) is 16.0 Å². The minimum Gasteiger partial charge on any atom is -0.361 e. The number of aromatic amines is 1. The number of benzene rings is 1. The van der Waals surface area contributed by atoms with Crippen LogP contribution in [0.4, 0.5) is 0 Å². The Balaban J connectivity index is 1.56. The topological polar surface area (TPSA) is 65.2 Å². The van der Waals surface area contributed by atoms with Gasteiger partial charge in [0.05, 0.1) is 5.92 Å². The summed E-state index contributed by atoms with van der Waals surface area (Å²) in [5.41, 5.74) is 1.92. The molecule has 1 aromatic carbocycles. The van der Waals surface area contributed by atoms with Crippen molar-refractivity contribution in [3.63, 3.8) is 0 Å². The van der Waals surface area contributed by atoms with E-state index in [9.17, 15) is 9.59 Å². The number of amides is 2. The Morgan fingerprint density at radius 1 is 1.40 bits per heavy atom. The van der Waals surface area contributed by atoms with Crippen molar-refractivity contribution >= 4 is 34.3 Å². The molecular weight excluding hydrogens is 338 g/mol. The largest absolute Gasteiger partial charge is 0.361 e. The lowest BCUT2D eigenvalue weighted by molar-refractivity contribution is -0.132. The third-order valence-corrected chi connectivity index (χ3v) is 4.96. The Kier molecular flexibility index (Phi) is 4.78. The number of H-pyrrole nitrogens is 1. The van der Waals surface area contributed by atoms with Crippen molar-refractivity contribution in [2.75, 3.05) is 13.1 Å². The van der Waals surface area contributed by atoms with Gasteiger partial charge >= 0.3 is 0 Å². The fourth-order valence-corrected chi connectivity index (χ4v) is 3.53. The lowest BCUT2D eigenvalue weighted by Crippen LogP contribution is -2.43. The van der Waals surface area contributed by atoms with Crippen LogP contribution in [0, 0.1) is 5.92 Å². The molecule has 1 aliphatic heterocycles. The van der Waals surface area contributed by atoms with E-state index in [-0.39, 0.29) is 23.3 Å². The van der Waals surface area contributed by atoms with Gasteiger partial charge in [-0.1, -0.05) is 11.6 Å². The van der Waals surface area contributed by atoms with Gasteiger partial charge in [0, 0.05) is 47.2 Å². The first kappa shape index (κ1) is 17.8. The van der Waals surface area contributed by atoms with E-state index in [1.54, 1.807) is 4.90 Å². The van der Waals surface area contributed by atoms with Crippen LogP contribution in [0.15, 0.2) is 24.4 Å². The van der Waals surface area contributed by atoms with Crippen LogP contribution in [-0.4, -0.2) is 40.3 Å². The minimum absolute atomic E-state index is 0.0435. The van der Waals surface area contributed by atoms with Crippen molar-refractivity contribution in [2.45, 2.75) is 39.2 Å². The predicted molar refractivity (Wildman–Crippen MR) is 99.6 cm³/mol. The van der Waals surface area contributed by atoms with E-state index in [4.69, 9.17) is 11.6 Å². The maximum atomic E-state index is 12.4. The fraction of sp³-hybridized carbons (Fsp3) is 0.474. The number of nitrogens with one attached hydrogen (secondary N) is 2. The summed E-state index contributed by atoms with van der Waals surface area (Å²) in [5, 5.41) is 4.75. The zero-order chi connectivity index (χ0) is 18.2. The third kappa shape index (κ3) is 3.82. The van der Waals surface area contributed by atoms with Gasteiger partial charge in [-0.2, -0.15) is 0 Å². The molecule has 1 aliphatic rings. The van der Waals surface area contributed by atoms with Crippen LogP contribution in [0.2, 0.25) is 5.02 Å². The van der Waals surface area contributed by atoms with E-state index in [0.717, 1.165) is 22.9 Å². The van der Waals surface area contributed by atoms with Crippen LogP contribution < -0.4 is 5.32 Å². The summed E-state index contributed by atoms with van der Waals surface area (Å²) in [5.74, 6) is -0.249. The first-order valence-corrected chi connectivity index (χ1v) is 8.97. The average molecular weight is 362 g/mol. The van der Waals surface area contributed by atoms with Gasteiger partial charge in [-0.15, -0.1) is 0 Å². The molecule has 0 spiro atoms. The highest BCUT2D eigenvalue weighted by molar-refractivity contribution is 6.31. The third-order valence-electron chi connectivity index (χ3n) is 4.73. The SMILES string of the molecule is CC(C)(C)N1CC(C(=O)NCCc2c[nH]c3ccc(Cl)cc23)CC1=O. The summed E-state index contributed by atoms with van der Waals surface area (Å²) >= 11 is 6.06. The van der Waals surface area contributed by atoms with Crippen molar-refractivity contribution in [2.24, 2.45) is 5.92 Å². The lowest BCUT2D eigenvalue weighted by atomic mass is 10.1. The molecule has 0 bridgehead atoms. The number of aromatic nitrogens is 1. The van der Waals surface area contributed by atoms with Crippen LogP contribution in [0.5, 0.6) is 0 Å². The Bertz CT molecular complexity index is 807. The second kappa shape index (κ2) is 6.71. The van der Waals surface area contributed by atoms with Crippen LogP contribution in [0.25, 0.3) is 10.9 Å². The molecule has 2 amide bonds. The van der Waals surface area contributed by atoms with Crippen LogP contribution in [0.3, 0.4) is 0 Å². The van der Waals surface area contributed by atoms with Crippen molar-refractivity contribution in [1.82, 2.24) is 15.2 Å². The quantitative estimate of drug-likeness (QED) is 0.878. The number of nitrogens with zero attached hydrogens (tertiary/aromatic N) is 1. The van der Waals surface area contributed by atoms with Crippen molar-refractivity contribution in [3.05, 3.63) is 35.0 Å². The summed E-state index contributed by atoms with van der Waals surface area (Å²) in [6, 6.07) is 5.73. The van der Waals surface area contributed by atoms with Gasteiger partial charge in [0.15, 0.2) is 0 Å². The standard InChI is InChI=1S/C19H24ClN3O2/c1-19(2,3)23-11-13(8-17(23)24)18(25)21-7-6-12-10-22-16-5-4-14(20)9-15(12)16/h4-5,9-10,13,22H,6-8,11H2,1-3H3,(H,21,25).